The lowest BCUT2D eigenvalue weighted by molar-refractivity contribution is 0.578. The van der Waals surface area contributed by atoms with Crippen LogP contribution in [-0.2, 0) is 0 Å². The Morgan fingerprint density at radius 3 is 3.05 bits per heavy atom. The third kappa shape index (κ3) is 1.85. The highest BCUT2D eigenvalue weighted by Gasteiger charge is 2.17. The minimum absolute atomic E-state index is 0.486. The summed E-state index contributed by atoms with van der Waals surface area (Å²) in [4.78, 5) is 7.88. The fourth-order valence-electron chi connectivity index (χ4n) is 2.74. The summed E-state index contributed by atoms with van der Waals surface area (Å²) in [6.07, 6.45) is 4.13. The molecule has 1 aliphatic heterocycles. The van der Waals surface area contributed by atoms with Crippen LogP contribution in [-0.4, -0.2) is 16.5 Å². The van der Waals surface area contributed by atoms with Crippen molar-refractivity contribution in [3.8, 4) is 11.6 Å². The van der Waals surface area contributed by atoms with Crippen molar-refractivity contribution in [3.05, 3.63) is 42.2 Å². The lowest BCUT2D eigenvalue weighted by atomic mass is 10.1. The summed E-state index contributed by atoms with van der Waals surface area (Å²) in [6.45, 7) is 1.11. The molecule has 19 heavy (non-hydrogen) atoms. The summed E-state index contributed by atoms with van der Waals surface area (Å²) in [5.74, 6) is 1.56. The number of H-pyrrole nitrogens is 1. The van der Waals surface area contributed by atoms with Gasteiger partial charge in [-0.3, -0.25) is 0 Å². The highest BCUT2D eigenvalue weighted by atomic mass is 16.3. The van der Waals surface area contributed by atoms with Crippen LogP contribution in [0.15, 0.2) is 41.0 Å². The molecule has 0 saturated carbocycles. The largest absolute Gasteiger partial charge is 0.461 e. The quantitative estimate of drug-likeness (QED) is 0.737. The van der Waals surface area contributed by atoms with Crippen LogP contribution in [0.2, 0.25) is 0 Å². The van der Waals surface area contributed by atoms with Crippen molar-refractivity contribution in [2.45, 2.75) is 18.9 Å². The lowest BCUT2D eigenvalue weighted by Gasteiger charge is -2.09. The van der Waals surface area contributed by atoms with Crippen LogP contribution >= 0.6 is 0 Å². The molecule has 1 fully saturated rings. The molecule has 0 amide bonds. The number of aromatic amines is 1. The average Bonchev–Trinajstić information content (AvgIpc) is 3.18. The molecule has 1 atom stereocenters. The predicted octanol–water partition coefficient (Wildman–Crippen LogP) is 3.25. The third-order valence-corrected chi connectivity index (χ3v) is 3.72. The summed E-state index contributed by atoms with van der Waals surface area (Å²) in [6, 6.07) is 10.7. The molecule has 96 valence electrons. The van der Waals surface area contributed by atoms with Gasteiger partial charge in [0.15, 0.2) is 11.6 Å². The number of aromatic nitrogens is 2. The molecule has 1 aliphatic rings. The van der Waals surface area contributed by atoms with Gasteiger partial charge >= 0.3 is 0 Å². The highest BCUT2D eigenvalue weighted by molar-refractivity contribution is 5.79. The maximum atomic E-state index is 5.37. The van der Waals surface area contributed by atoms with Crippen molar-refractivity contribution in [1.29, 1.82) is 0 Å². The molecule has 2 aromatic heterocycles. The van der Waals surface area contributed by atoms with Crippen molar-refractivity contribution >= 4 is 11.0 Å². The first-order valence-corrected chi connectivity index (χ1v) is 6.67. The van der Waals surface area contributed by atoms with Crippen LogP contribution in [0.4, 0.5) is 0 Å². The van der Waals surface area contributed by atoms with Crippen LogP contribution in [0.5, 0.6) is 0 Å². The van der Waals surface area contributed by atoms with Crippen LogP contribution in [0.1, 0.15) is 24.4 Å². The summed E-state index contributed by atoms with van der Waals surface area (Å²) >= 11 is 0. The first kappa shape index (κ1) is 10.8. The molecule has 0 spiro atoms. The number of hydrogen-bond donors (Lipinski definition) is 2. The van der Waals surface area contributed by atoms with Gasteiger partial charge in [0.2, 0.25) is 0 Å². The molecule has 1 aromatic carbocycles. The molecule has 0 radical (unpaired) electrons. The Labute approximate surface area is 110 Å². The van der Waals surface area contributed by atoms with Gasteiger partial charge in [-0.25, -0.2) is 4.98 Å². The van der Waals surface area contributed by atoms with Gasteiger partial charge in [-0.2, -0.15) is 0 Å². The van der Waals surface area contributed by atoms with E-state index in [9.17, 15) is 0 Å². The molecule has 2 N–H and O–H groups in total. The van der Waals surface area contributed by atoms with Gasteiger partial charge in [0, 0.05) is 6.04 Å². The van der Waals surface area contributed by atoms with E-state index < -0.39 is 0 Å². The Hall–Kier alpha value is -2.07. The van der Waals surface area contributed by atoms with Gasteiger partial charge in [-0.1, -0.05) is 6.07 Å². The van der Waals surface area contributed by atoms with Crippen molar-refractivity contribution in [2.24, 2.45) is 0 Å². The minimum Gasteiger partial charge on any atom is -0.461 e. The monoisotopic (exact) mass is 253 g/mol. The van der Waals surface area contributed by atoms with Gasteiger partial charge in [-0.15, -0.1) is 0 Å². The Balaban J connectivity index is 1.77. The average molecular weight is 253 g/mol. The number of furan rings is 1. The predicted molar refractivity (Wildman–Crippen MR) is 73.8 cm³/mol. The van der Waals surface area contributed by atoms with E-state index in [0.29, 0.717) is 6.04 Å². The molecular formula is C15H15N3O. The van der Waals surface area contributed by atoms with E-state index in [1.54, 1.807) is 6.26 Å². The Bertz CT molecular complexity index is 693. The minimum atomic E-state index is 0.486. The zero-order valence-electron chi connectivity index (χ0n) is 10.5. The molecule has 4 heteroatoms. The molecule has 4 rings (SSSR count). The van der Waals surface area contributed by atoms with Crippen molar-refractivity contribution in [3.63, 3.8) is 0 Å². The summed E-state index contributed by atoms with van der Waals surface area (Å²) in [5.41, 5.74) is 3.38. The van der Waals surface area contributed by atoms with Crippen LogP contribution in [0.25, 0.3) is 22.6 Å². The molecular weight excluding hydrogens is 238 g/mol. The fraction of sp³-hybridized carbons (Fsp3) is 0.267. The third-order valence-electron chi connectivity index (χ3n) is 3.72. The number of nitrogens with one attached hydrogen (secondary N) is 2. The van der Waals surface area contributed by atoms with E-state index in [2.05, 4.69) is 33.5 Å². The molecule has 1 unspecified atom stereocenters. The second kappa shape index (κ2) is 4.24. The number of benzene rings is 1. The molecule has 3 heterocycles. The highest BCUT2D eigenvalue weighted by Crippen LogP contribution is 2.27. The van der Waals surface area contributed by atoms with Crippen LogP contribution in [0, 0.1) is 0 Å². The maximum absolute atomic E-state index is 5.37. The first-order valence-electron chi connectivity index (χ1n) is 6.67. The molecule has 4 nitrogen and oxygen atoms in total. The second-order valence-corrected chi connectivity index (χ2v) is 4.99. The Morgan fingerprint density at radius 1 is 1.26 bits per heavy atom. The second-order valence-electron chi connectivity index (χ2n) is 4.99. The number of nitrogens with zero attached hydrogens (tertiary/aromatic N) is 1. The van der Waals surface area contributed by atoms with Gasteiger partial charge in [0.05, 0.1) is 17.3 Å². The number of hydrogen-bond acceptors (Lipinski definition) is 3. The summed E-state index contributed by atoms with van der Waals surface area (Å²) in [7, 11) is 0. The van der Waals surface area contributed by atoms with Crippen molar-refractivity contribution in [1.82, 2.24) is 15.3 Å². The molecule has 1 saturated heterocycles. The van der Waals surface area contributed by atoms with E-state index in [4.69, 9.17) is 4.42 Å². The smallest absolute Gasteiger partial charge is 0.174 e. The summed E-state index contributed by atoms with van der Waals surface area (Å²) in [5, 5.41) is 3.52. The van der Waals surface area contributed by atoms with Crippen LogP contribution in [0.3, 0.4) is 0 Å². The van der Waals surface area contributed by atoms with Crippen molar-refractivity contribution in [2.75, 3.05) is 6.54 Å². The normalized spacial score (nSPS) is 19.3. The maximum Gasteiger partial charge on any atom is 0.174 e. The van der Waals surface area contributed by atoms with Gasteiger partial charge in [-0.05, 0) is 49.2 Å². The van der Waals surface area contributed by atoms with E-state index in [1.807, 2.05) is 12.1 Å². The van der Waals surface area contributed by atoms with Gasteiger partial charge < -0.3 is 14.7 Å². The standard InChI is InChI=1S/C15H15N3O/c1-3-11(16-7-1)10-5-6-12-13(9-10)18-15(17-12)14-4-2-8-19-14/h2,4-6,8-9,11,16H,1,3,7H2,(H,17,18). The van der Waals surface area contributed by atoms with E-state index in [0.717, 1.165) is 29.2 Å². The summed E-state index contributed by atoms with van der Waals surface area (Å²) < 4.78 is 5.37. The Morgan fingerprint density at radius 2 is 2.26 bits per heavy atom. The van der Waals surface area contributed by atoms with Gasteiger partial charge in [0.1, 0.15) is 0 Å². The van der Waals surface area contributed by atoms with E-state index >= 15 is 0 Å². The van der Waals surface area contributed by atoms with Crippen LogP contribution < -0.4 is 5.32 Å². The fourth-order valence-corrected chi connectivity index (χ4v) is 2.74. The first-order chi connectivity index (χ1) is 9.40. The molecule has 0 bridgehead atoms. The number of fused-ring (bicyclic) bond motifs is 1. The number of imidazole rings is 1. The van der Waals surface area contributed by atoms with Gasteiger partial charge in [0.25, 0.3) is 0 Å². The lowest BCUT2D eigenvalue weighted by Crippen LogP contribution is -2.12. The Kier molecular flexibility index (Phi) is 2.42. The van der Waals surface area contributed by atoms with E-state index in [1.165, 1.54) is 18.4 Å². The topological polar surface area (TPSA) is 53.9 Å². The van der Waals surface area contributed by atoms with Crippen molar-refractivity contribution < 1.29 is 4.42 Å². The molecule has 0 aliphatic carbocycles. The SMILES string of the molecule is c1coc(-c2nc3ccc(C4CCCN4)cc3[nH]2)c1. The zero-order valence-corrected chi connectivity index (χ0v) is 10.5. The van der Waals surface area contributed by atoms with E-state index in [-0.39, 0.29) is 0 Å². The molecule has 3 aromatic rings. The number of rotatable bonds is 2. The zero-order chi connectivity index (χ0) is 12.7.